The molecule has 1 heterocycles. The highest BCUT2D eigenvalue weighted by atomic mass is 19.4. The van der Waals surface area contributed by atoms with Gasteiger partial charge in [0.1, 0.15) is 11.8 Å². The Morgan fingerprint density at radius 2 is 1.88 bits per heavy atom. The molecule has 1 atom stereocenters. The Balaban J connectivity index is 1.71. The Morgan fingerprint density at radius 1 is 1.18 bits per heavy atom. The molecule has 33 heavy (non-hydrogen) atoms. The van der Waals surface area contributed by atoms with Crippen molar-refractivity contribution < 1.29 is 35.9 Å². The number of rotatable bonds is 7. The van der Waals surface area contributed by atoms with Crippen molar-refractivity contribution in [1.82, 2.24) is 15.1 Å². The summed E-state index contributed by atoms with van der Waals surface area (Å²) in [7, 11) is 1.77. The second-order valence-corrected chi connectivity index (χ2v) is 8.38. The van der Waals surface area contributed by atoms with Crippen LogP contribution in [0.15, 0.2) is 29.3 Å². The van der Waals surface area contributed by atoms with Gasteiger partial charge < -0.3 is 19.9 Å². The molecule has 184 valence electrons. The van der Waals surface area contributed by atoms with E-state index in [9.17, 15) is 31.1 Å². The van der Waals surface area contributed by atoms with Gasteiger partial charge in [0.15, 0.2) is 0 Å². The number of ether oxygens (including phenoxy) is 1. The van der Waals surface area contributed by atoms with Gasteiger partial charge >= 0.3 is 12.5 Å². The van der Waals surface area contributed by atoms with Crippen molar-refractivity contribution in [2.75, 3.05) is 20.1 Å². The number of halogens is 6. The predicted molar refractivity (Wildman–Crippen MR) is 109 cm³/mol. The number of aliphatic imine (C=N–C) groups is 1. The molecule has 2 aliphatic rings. The monoisotopic (exact) mass is 480 g/mol. The number of nitrogens with zero attached hydrogens (tertiary/aromatic N) is 3. The molecule has 0 spiro atoms. The first-order chi connectivity index (χ1) is 15.4. The average molecular weight is 480 g/mol. The lowest BCUT2D eigenvalue weighted by atomic mass is 9.89. The quantitative estimate of drug-likeness (QED) is 0.605. The van der Waals surface area contributed by atoms with Gasteiger partial charge in [0, 0.05) is 32.2 Å². The van der Waals surface area contributed by atoms with Gasteiger partial charge in [-0.2, -0.15) is 13.2 Å². The molecule has 6 nitrogen and oxygen atoms in total. The summed E-state index contributed by atoms with van der Waals surface area (Å²) in [5.74, 6) is -0.643. The molecule has 1 fully saturated rings. The van der Waals surface area contributed by atoms with E-state index in [1.807, 2.05) is 0 Å². The van der Waals surface area contributed by atoms with Crippen molar-refractivity contribution in [2.45, 2.75) is 62.9 Å². The van der Waals surface area contributed by atoms with Crippen LogP contribution in [0, 0.1) is 0 Å². The summed E-state index contributed by atoms with van der Waals surface area (Å²) in [6.07, 6.45) is -5.71. The first-order valence-corrected chi connectivity index (χ1v) is 10.6. The molecule has 1 N–H and O–H groups in total. The van der Waals surface area contributed by atoms with Gasteiger partial charge in [0.25, 0.3) is 0 Å². The third-order valence-corrected chi connectivity index (χ3v) is 5.69. The zero-order chi connectivity index (χ0) is 24.2. The van der Waals surface area contributed by atoms with Gasteiger partial charge in [-0.15, -0.1) is 13.2 Å². The van der Waals surface area contributed by atoms with Crippen molar-refractivity contribution >= 4 is 12.2 Å². The number of hydrogen-bond acceptors (Lipinski definition) is 5. The van der Waals surface area contributed by atoms with Crippen LogP contribution in [-0.2, 0) is 11.3 Å². The molecule has 1 saturated carbocycles. The second-order valence-electron chi connectivity index (χ2n) is 8.38. The van der Waals surface area contributed by atoms with Crippen LogP contribution in [0.4, 0.5) is 26.3 Å². The zero-order valence-electron chi connectivity index (χ0n) is 18.0. The van der Waals surface area contributed by atoms with Crippen LogP contribution in [-0.4, -0.2) is 72.8 Å². The molecule has 3 rings (SSSR count). The van der Waals surface area contributed by atoms with Gasteiger partial charge in [-0.3, -0.25) is 9.79 Å². The van der Waals surface area contributed by atoms with Gasteiger partial charge in [-0.05, 0) is 43.4 Å². The van der Waals surface area contributed by atoms with Crippen LogP contribution in [0.3, 0.4) is 0 Å². The Hall–Kier alpha value is -2.50. The molecule has 0 bridgehead atoms. The standard InChI is InChI=1S/C21H26F6N4O2/c1-30-11-18(29-13-30)19(32)31(10-14-3-2-4-17(9-14)33-21(25,26)27)16-7-5-15(6-8-16)28-12-20(22,23)24/h2-4,9,13,15-16,18,28H,5-8,10-12H2,1H3. The molecular weight excluding hydrogens is 454 g/mol. The number of nitrogens with one attached hydrogen (secondary N) is 1. The van der Waals surface area contributed by atoms with Crippen LogP contribution < -0.4 is 10.1 Å². The molecule has 1 amide bonds. The summed E-state index contributed by atoms with van der Waals surface area (Å²) >= 11 is 0. The highest BCUT2D eigenvalue weighted by Crippen LogP contribution is 2.29. The lowest BCUT2D eigenvalue weighted by molar-refractivity contribution is -0.274. The smallest absolute Gasteiger partial charge is 0.406 e. The molecular formula is C21H26F6N4O2. The maximum absolute atomic E-state index is 13.3. The minimum atomic E-state index is -4.83. The summed E-state index contributed by atoms with van der Waals surface area (Å²) in [5.41, 5.74) is 0.456. The summed E-state index contributed by atoms with van der Waals surface area (Å²) in [6, 6.07) is 4.23. The number of carbonyl (C=O) groups is 1. The Morgan fingerprint density at radius 3 is 2.45 bits per heavy atom. The van der Waals surface area contributed by atoms with Gasteiger partial charge in [-0.1, -0.05) is 12.1 Å². The molecule has 1 aliphatic heterocycles. The number of alkyl halides is 6. The second kappa shape index (κ2) is 10.2. The van der Waals surface area contributed by atoms with Crippen molar-refractivity contribution in [3.63, 3.8) is 0 Å². The first-order valence-electron chi connectivity index (χ1n) is 10.6. The van der Waals surface area contributed by atoms with Crippen molar-refractivity contribution in [3.8, 4) is 5.75 Å². The molecule has 0 saturated heterocycles. The number of carbonyl (C=O) groups excluding carboxylic acids is 1. The van der Waals surface area contributed by atoms with Gasteiger partial charge in [-0.25, -0.2) is 0 Å². The number of benzene rings is 1. The highest BCUT2D eigenvalue weighted by Gasteiger charge is 2.36. The fourth-order valence-corrected chi connectivity index (χ4v) is 4.17. The van der Waals surface area contributed by atoms with E-state index < -0.39 is 25.1 Å². The molecule has 1 aliphatic carbocycles. The molecule has 12 heteroatoms. The predicted octanol–water partition coefficient (Wildman–Crippen LogP) is 3.72. The summed E-state index contributed by atoms with van der Waals surface area (Å²) in [4.78, 5) is 20.8. The van der Waals surface area contributed by atoms with E-state index in [-0.39, 0.29) is 30.3 Å². The minimum absolute atomic E-state index is 0.0505. The largest absolute Gasteiger partial charge is 0.573 e. The van der Waals surface area contributed by atoms with Gasteiger partial charge in [0.2, 0.25) is 5.91 Å². The lowest BCUT2D eigenvalue weighted by Gasteiger charge is -2.38. The average Bonchev–Trinajstić information content (AvgIpc) is 3.15. The van der Waals surface area contributed by atoms with Crippen molar-refractivity contribution in [1.29, 1.82) is 0 Å². The maximum atomic E-state index is 13.3. The fourth-order valence-electron chi connectivity index (χ4n) is 4.17. The molecule has 0 aromatic heterocycles. The Bertz CT molecular complexity index is 837. The van der Waals surface area contributed by atoms with Crippen LogP contribution in [0.1, 0.15) is 31.2 Å². The van der Waals surface area contributed by atoms with Crippen LogP contribution in [0.2, 0.25) is 0 Å². The third-order valence-electron chi connectivity index (χ3n) is 5.69. The van der Waals surface area contributed by atoms with E-state index in [4.69, 9.17) is 0 Å². The van der Waals surface area contributed by atoms with E-state index in [0.29, 0.717) is 37.8 Å². The zero-order valence-corrected chi connectivity index (χ0v) is 18.0. The lowest BCUT2D eigenvalue weighted by Crippen LogP contribution is -2.49. The molecule has 0 radical (unpaired) electrons. The van der Waals surface area contributed by atoms with E-state index >= 15 is 0 Å². The van der Waals surface area contributed by atoms with Crippen molar-refractivity contribution in [3.05, 3.63) is 29.8 Å². The Labute approximate surface area is 187 Å². The van der Waals surface area contributed by atoms with E-state index in [1.165, 1.54) is 18.2 Å². The SMILES string of the molecule is CN1C=NC(C(=O)N(Cc2cccc(OC(F)(F)F)c2)C2CCC(NCC(F)(F)F)CC2)C1. The first kappa shape index (κ1) is 25.1. The van der Waals surface area contributed by atoms with Crippen LogP contribution in [0.5, 0.6) is 5.75 Å². The number of likely N-dealkylation sites (N-methyl/N-ethyl adjacent to an activating group) is 1. The third kappa shape index (κ3) is 7.79. The van der Waals surface area contributed by atoms with E-state index in [2.05, 4.69) is 15.0 Å². The fraction of sp³-hybridized carbons (Fsp3) is 0.619. The molecule has 1 aromatic carbocycles. The molecule has 1 unspecified atom stereocenters. The van der Waals surface area contributed by atoms with Crippen LogP contribution >= 0.6 is 0 Å². The number of hydrogen-bond donors (Lipinski definition) is 1. The Kier molecular flexibility index (Phi) is 7.76. The van der Waals surface area contributed by atoms with E-state index in [1.54, 1.807) is 29.3 Å². The summed E-state index contributed by atoms with van der Waals surface area (Å²) < 4.78 is 79.2. The van der Waals surface area contributed by atoms with E-state index in [0.717, 1.165) is 0 Å². The number of amides is 1. The normalized spacial score (nSPS) is 23.6. The summed E-state index contributed by atoms with van der Waals surface area (Å²) in [6.45, 7) is -0.635. The highest BCUT2D eigenvalue weighted by molar-refractivity contribution is 5.85. The summed E-state index contributed by atoms with van der Waals surface area (Å²) in [5, 5.41) is 2.51. The molecule has 1 aromatic rings. The topological polar surface area (TPSA) is 57.2 Å². The maximum Gasteiger partial charge on any atom is 0.573 e. The minimum Gasteiger partial charge on any atom is -0.406 e. The van der Waals surface area contributed by atoms with Gasteiger partial charge in [0.05, 0.1) is 12.9 Å². The van der Waals surface area contributed by atoms with Crippen LogP contribution in [0.25, 0.3) is 0 Å². The van der Waals surface area contributed by atoms with Crippen molar-refractivity contribution in [2.24, 2.45) is 4.99 Å².